The fraction of sp³-hybridized carbons (Fsp3) is 0.143. The highest BCUT2D eigenvalue weighted by Crippen LogP contribution is 2.29. The fourth-order valence-corrected chi connectivity index (χ4v) is 3.35. The van der Waals surface area contributed by atoms with Crippen molar-refractivity contribution in [3.05, 3.63) is 46.3 Å². The maximum Gasteiger partial charge on any atom is 0.429 e. The second-order valence-electron chi connectivity index (χ2n) is 4.53. The smallest absolute Gasteiger partial charge is 0.302 e. The zero-order valence-corrected chi connectivity index (χ0v) is 14.2. The molecule has 4 nitrogen and oxygen atoms in total. The summed E-state index contributed by atoms with van der Waals surface area (Å²) in [5, 5.41) is 7.43. The quantitative estimate of drug-likeness (QED) is 0.548. The van der Waals surface area contributed by atoms with Crippen molar-refractivity contribution >= 4 is 51.1 Å². The van der Waals surface area contributed by atoms with Crippen LogP contribution in [-0.2, 0) is 11.1 Å². The van der Waals surface area contributed by atoms with Gasteiger partial charge in [0, 0.05) is 6.42 Å². The van der Waals surface area contributed by atoms with Crippen LogP contribution in [0.5, 0.6) is 0 Å². The van der Waals surface area contributed by atoms with Gasteiger partial charge in [-0.2, -0.15) is 13.2 Å². The molecular formula is C14H10ClF3N2O2S2. The molecule has 0 aliphatic rings. The summed E-state index contributed by atoms with van der Waals surface area (Å²) < 4.78 is 58.3. The summed E-state index contributed by atoms with van der Waals surface area (Å²) >= 11 is 4.56. The SMILES string of the molecule is N=C(CC(=Nc1ccccc1Cl)c1ccc(S(=O)O)s1)C(F)(F)F. The molecule has 1 atom stereocenters. The highest BCUT2D eigenvalue weighted by Gasteiger charge is 2.35. The van der Waals surface area contributed by atoms with Crippen LogP contribution in [0.15, 0.2) is 45.6 Å². The Kier molecular flexibility index (Phi) is 5.92. The molecule has 0 aliphatic heterocycles. The molecule has 1 aromatic carbocycles. The number of nitrogens with one attached hydrogen (secondary N) is 1. The summed E-state index contributed by atoms with van der Waals surface area (Å²) in [6.45, 7) is 0. The van der Waals surface area contributed by atoms with Crippen molar-refractivity contribution in [3.63, 3.8) is 0 Å². The third kappa shape index (κ3) is 4.73. The highest BCUT2D eigenvalue weighted by molar-refractivity contribution is 7.81. The van der Waals surface area contributed by atoms with Gasteiger partial charge in [-0.15, -0.1) is 11.3 Å². The Hall–Kier alpha value is -1.55. The largest absolute Gasteiger partial charge is 0.429 e. The zero-order chi connectivity index (χ0) is 17.9. The van der Waals surface area contributed by atoms with Crippen LogP contribution in [-0.4, -0.2) is 26.4 Å². The van der Waals surface area contributed by atoms with Gasteiger partial charge in [0.15, 0.2) is 11.1 Å². The average molecular weight is 395 g/mol. The van der Waals surface area contributed by atoms with E-state index in [1.807, 2.05) is 0 Å². The number of benzene rings is 1. The monoisotopic (exact) mass is 394 g/mol. The van der Waals surface area contributed by atoms with Crippen LogP contribution in [0.3, 0.4) is 0 Å². The fourth-order valence-electron chi connectivity index (χ4n) is 1.71. The van der Waals surface area contributed by atoms with Crippen molar-refractivity contribution in [1.29, 1.82) is 5.41 Å². The molecule has 0 bridgehead atoms. The van der Waals surface area contributed by atoms with Crippen molar-refractivity contribution < 1.29 is 21.9 Å². The lowest BCUT2D eigenvalue weighted by atomic mass is 10.1. The van der Waals surface area contributed by atoms with Crippen LogP contribution in [0.25, 0.3) is 0 Å². The molecule has 0 amide bonds. The lowest BCUT2D eigenvalue weighted by molar-refractivity contribution is -0.0605. The first kappa shape index (κ1) is 18.8. The van der Waals surface area contributed by atoms with E-state index >= 15 is 0 Å². The summed E-state index contributed by atoms with van der Waals surface area (Å²) in [6.07, 6.45) is -5.55. The van der Waals surface area contributed by atoms with Crippen molar-refractivity contribution in [2.45, 2.75) is 16.8 Å². The first-order valence-corrected chi connectivity index (χ1v) is 8.66. The summed E-state index contributed by atoms with van der Waals surface area (Å²) in [4.78, 5) is 4.39. The molecule has 0 saturated heterocycles. The molecule has 1 unspecified atom stereocenters. The number of rotatable bonds is 5. The van der Waals surface area contributed by atoms with Gasteiger partial charge in [-0.25, -0.2) is 4.21 Å². The minimum absolute atomic E-state index is 0.0490. The first-order valence-electron chi connectivity index (χ1n) is 6.36. The van der Waals surface area contributed by atoms with Crippen molar-refractivity contribution in [1.82, 2.24) is 0 Å². The molecule has 0 radical (unpaired) electrons. The predicted molar refractivity (Wildman–Crippen MR) is 89.4 cm³/mol. The molecule has 2 rings (SSSR count). The number of para-hydroxylation sites is 1. The van der Waals surface area contributed by atoms with Crippen molar-refractivity contribution in [2.75, 3.05) is 0 Å². The highest BCUT2D eigenvalue weighted by atomic mass is 35.5. The van der Waals surface area contributed by atoms with Crippen LogP contribution in [0.2, 0.25) is 5.02 Å². The third-order valence-electron chi connectivity index (χ3n) is 2.83. The summed E-state index contributed by atoms with van der Waals surface area (Å²) in [5.74, 6) is 0. The van der Waals surface area contributed by atoms with Gasteiger partial charge in [-0.05, 0) is 24.3 Å². The van der Waals surface area contributed by atoms with Gasteiger partial charge in [0.1, 0.15) is 9.92 Å². The Morgan fingerprint density at radius 1 is 1.29 bits per heavy atom. The van der Waals surface area contributed by atoms with E-state index in [-0.39, 0.29) is 25.5 Å². The number of aliphatic imine (C=N–C) groups is 1. The van der Waals surface area contributed by atoms with E-state index in [0.29, 0.717) is 0 Å². The van der Waals surface area contributed by atoms with Crippen LogP contribution in [0, 0.1) is 5.41 Å². The minimum Gasteiger partial charge on any atom is -0.302 e. The molecule has 128 valence electrons. The van der Waals surface area contributed by atoms with Gasteiger partial charge in [0.25, 0.3) is 0 Å². The Labute approximate surface area is 146 Å². The molecule has 2 aromatic rings. The molecule has 1 heterocycles. The van der Waals surface area contributed by atoms with Gasteiger partial charge in [0.05, 0.1) is 21.3 Å². The molecule has 10 heteroatoms. The van der Waals surface area contributed by atoms with Crippen molar-refractivity contribution in [2.24, 2.45) is 4.99 Å². The van der Waals surface area contributed by atoms with E-state index in [2.05, 4.69) is 4.99 Å². The predicted octanol–water partition coefficient (Wildman–Crippen LogP) is 5.08. The summed E-state index contributed by atoms with van der Waals surface area (Å²) in [7, 11) is 0. The van der Waals surface area contributed by atoms with E-state index < -0.39 is 29.4 Å². The zero-order valence-electron chi connectivity index (χ0n) is 11.8. The molecule has 0 saturated carbocycles. The second-order valence-corrected chi connectivity index (χ2v) is 7.22. The Morgan fingerprint density at radius 3 is 2.50 bits per heavy atom. The number of hydrogen-bond donors (Lipinski definition) is 2. The van der Waals surface area contributed by atoms with Crippen LogP contribution in [0.1, 0.15) is 11.3 Å². The molecule has 0 spiro atoms. The topological polar surface area (TPSA) is 73.5 Å². The number of alkyl halides is 3. The normalized spacial score (nSPS) is 13.8. The molecule has 24 heavy (non-hydrogen) atoms. The van der Waals surface area contributed by atoms with Crippen LogP contribution < -0.4 is 0 Å². The van der Waals surface area contributed by atoms with E-state index in [1.165, 1.54) is 24.3 Å². The lowest BCUT2D eigenvalue weighted by Crippen LogP contribution is -2.24. The number of hydrogen-bond acceptors (Lipinski definition) is 4. The Balaban J connectivity index is 2.46. The molecular weight excluding hydrogens is 385 g/mol. The van der Waals surface area contributed by atoms with Gasteiger partial charge in [-0.1, -0.05) is 23.7 Å². The summed E-state index contributed by atoms with van der Waals surface area (Å²) in [5.41, 5.74) is -1.26. The molecule has 1 aromatic heterocycles. The van der Waals surface area contributed by atoms with Crippen LogP contribution in [0.4, 0.5) is 18.9 Å². The minimum atomic E-state index is -4.78. The number of nitrogens with zero attached hydrogens (tertiary/aromatic N) is 1. The third-order valence-corrected chi connectivity index (χ3v) is 5.24. The maximum absolute atomic E-state index is 12.7. The number of halogens is 4. The molecule has 0 fully saturated rings. The van der Waals surface area contributed by atoms with Gasteiger partial charge >= 0.3 is 6.18 Å². The van der Waals surface area contributed by atoms with Crippen molar-refractivity contribution in [3.8, 4) is 0 Å². The lowest BCUT2D eigenvalue weighted by Gasteiger charge is -2.10. The Bertz CT molecular complexity index is 818. The standard InChI is InChI=1S/C14H10ClF3N2O2S2/c15-8-3-1-2-4-9(8)20-10(7-12(19)14(16,17)18)11-5-6-13(23-11)24(21)22/h1-6,19H,7H2,(H,21,22). The average Bonchev–Trinajstić information content (AvgIpc) is 2.97. The maximum atomic E-state index is 12.7. The number of thiophene rings is 1. The van der Waals surface area contributed by atoms with Gasteiger partial charge in [-0.3, -0.25) is 4.99 Å². The Morgan fingerprint density at radius 2 is 1.96 bits per heavy atom. The van der Waals surface area contributed by atoms with E-state index in [9.17, 15) is 17.4 Å². The second kappa shape index (κ2) is 7.56. The molecule has 0 aliphatic carbocycles. The summed E-state index contributed by atoms with van der Waals surface area (Å²) in [6, 6.07) is 9.06. The van der Waals surface area contributed by atoms with Gasteiger partial charge < -0.3 is 9.96 Å². The van der Waals surface area contributed by atoms with E-state index in [0.717, 1.165) is 11.3 Å². The van der Waals surface area contributed by atoms with E-state index in [4.69, 9.17) is 21.6 Å². The molecule has 2 N–H and O–H groups in total. The first-order chi connectivity index (χ1) is 11.2. The van der Waals surface area contributed by atoms with Gasteiger partial charge in [0.2, 0.25) is 0 Å². The van der Waals surface area contributed by atoms with Crippen LogP contribution >= 0.6 is 22.9 Å². The van der Waals surface area contributed by atoms with E-state index in [1.54, 1.807) is 12.1 Å².